The van der Waals surface area contributed by atoms with Crippen LogP contribution in [-0.4, -0.2) is 4.57 Å². The Labute approximate surface area is 92.7 Å². The van der Waals surface area contributed by atoms with Crippen molar-refractivity contribution in [2.45, 2.75) is 19.3 Å². The van der Waals surface area contributed by atoms with Crippen LogP contribution in [-0.2, 0) is 13.5 Å². The lowest BCUT2D eigenvalue weighted by Crippen LogP contribution is -2.08. The van der Waals surface area contributed by atoms with E-state index in [1.54, 1.807) is 7.05 Å². The highest BCUT2D eigenvalue weighted by molar-refractivity contribution is 5.73. The van der Waals surface area contributed by atoms with Crippen molar-refractivity contribution in [1.82, 2.24) is 4.57 Å². The summed E-state index contributed by atoms with van der Waals surface area (Å²) in [6.45, 7) is 0. The van der Waals surface area contributed by atoms with Crippen molar-refractivity contribution in [2.75, 3.05) is 0 Å². The Hall–Kier alpha value is -2.02. The summed E-state index contributed by atoms with van der Waals surface area (Å²) >= 11 is 0. The number of hydrogen-bond donors (Lipinski definition) is 0. The van der Waals surface area contributed by atoms with Gasteiger partial charge in [0.25, 0.3) is 0 Å². The molecule has 0 amide bonds. The molecule has 0 atom stereocenters. The van der Waals surface area contributed by atoms with Gasteiger partial charge in [0, 0.05) is 13.5 Å². The van der Waals surface area contributed by atoms with E-state index in [2.05, 4.69) is 6.07 Å². The van der Waals surface area contributed by atoms with E-state index in [1.807, 2.05) is 18.2 Å². The molecule has 0 aliphatic heterocycles. The van der Waals surface area contributed by atoms with Gasteiger partial charge >= 0.3 is 5.76 Å². The van der Waals surface area contributed by atoms with Gasteiger partial charge in [0.2, 0.25) is 0 Å². The molecule has 82 valence electrons. The van der Waals surface area contributed by atoms with Gasteiger partial charge in [-0.25, -0.2) is 4.79 Å². The van der Waals surface area contributed by atoms with Gasteiger partial charge in [0.1, 0.15) is 0 Å². The summed E-state index contributed by atoms with van der Waals surface area (Å²) in [6, 6.07) is 7.82. The number of hydrogen-bond acceptors (Lipinski definition) is 3. The zero-order valence-corrected chi connectivity index (χ0v) is 9.06. The van der Waals surface area contributed by atoms with Gasteiger partial charge in [0.15, 0.2) is 5.58 Å². The van der Waals surface area contributed by atoms with Crippen LogP contribution in [0.25, 0.3) is 11.1 Å². The van der Waals surface area contributed by atoms with Gasteiger partial charge in [-0.05, 0) is 30.5 Å². The maximum atomic E-state index is 11.3. The highest BCUT2D eigenvalue weighted by Crippen LogP contribution is 2.15. The molecular formula is C12H12N2O2. The SMILES string of the molecule is Cn1c(=O)oc2cc(CCCC#N)ccc21. The average molecular weight is 216 g/mol. The molecule has 4 nitrogen and oxygen atoms in total. The van der Waals surface area contributed by atoms with Crippen LogP contribution >= 0.6 is 0 Å². The maximum absolute atomic E-state index is 11.3. The van der Waals surface area contributed by atoms with Gasteiger partial charge in [-0.2, -0.15) is 5.26 Å². The summed E-state index contributed by atoms with van der Waals surface area (Å²) in [4.78, 5) is 11.3. The number of fused-ring (bicyclic) bond motifs is 1. The lowest BCUT2D eigenvalue weighted by molar-refractivity contribution is 0.528. The van der Waals surface area contributed by atoms with Crippen LogP contribution in [0.15, 0.2) is 27.4 Å². The molecule has 0 bridgehead atoms. The Balaban J connectivity index is 2.31. The largest absolute Gasteiger partial charge is 0.419 e. The molecule has 0 aliphatic rings. The Morgan fingerprint density at radius 1 is 1.50 bits per heavy atom. The highest BCUT2D eigenvalue weighted by Gasteiger charge is 2.05. The topological polar surface area (TPSA) is 58.9 Å². The molecule has 1 heterocycles. The molecule has 1 aromatic heterocycles. The minimum Gasteiger partial charge on any atom is -0.408 e. The van der Waals surface area contributed by atoms with E-state index < -0.39 is 0 Å². The van der Waals surface area contributed by atoms with E-state index in [1.165, 1.54) is 4.57 Å². The highest BCUT2D eigenvalue weighted by atomic mass is 16.4. The van der Waals surface area contributed by atoms with Crippen LogP contribution < -0.4 is 5.76 Å². The first-order valence-corrected chi connectivity index (χ1v) is 5.18. The minimum absolute atomic E-state index is 0.343. The van der Waals surface area contributed by atoms with E-state index in [4.69, 9.17) is 9.68 Å². The fourth-order valence-electron chi connectivity index (χ4n) is 1.71. The number of oxazole rings is 1. The lowest BCUT2D eigenvalue weighted by Gasteiger charge is -1.98. The van der Waals surface area contributed by atoms with E-state index in [9.17, 15) is 4.79 Å². The number of nitriles is 1. The van der Waals surface area contributed by atoms with Crippen molar-refractivity contribution in [1.29, 1.82) is 5.26 Å². The monoisotopic (exact) mass is 216 g/mol. The van der Waals surface area contributed by atoms with E-state index in [0.29, 0.717) is 12.0 Å². The molecule has 4 heteroatoms. The summed E-state index contributed by atoms with van der Waals surface area (Å²) in [5.74, 6) is -0.343. The van der Waals surface area contributed by atoms with Crippen molar-refractivity contribution < 1.29 is 4.42 Å². The predicted octanol–water partition coefficient (Wildman–Crippen LogP) is 1.98. The molecule has 0 aliphatic carbocycles. The molecular weight excluding hydrogens is 204 g/mol. The Morgan fingerprint density at radius 2 is 2.31 bits per heavy atom. The molecule has 16 heavy (non-hydrogen) atoms. The number of benzene rings is 1. The first-order valence-electron chi connectivity index (χ1n) is 5.18. The Morgan fingerprint density at radius 3 is 3.06 bits per heavy atom. The number of nitrogens with zero attached hydrogens (tertiary/aromatic N) is 2. The van der Waals surface area contributed by atoms with Crippen molar-refractivity contribution in [3.8, 4) is 6.07 Å². The second-order valence-electron chi connectivity index (χ2n) is 3.74. The van der Waals surface area contributed by atoms with Crippen LogP contribution in [0.3, 0.4) is 0 Å². The second-order valence-corrected chi connectivity index (χ2v) is 3.74. The number of aromatic nitrogens is 1. The first kappa shape index (κ1) is 10.5. The van der Waals surface area contributed by atoms with Gasteiger partial charge in [0.05, 0.1) is 11.6 Å². The van der Waals surface area contributed by atoms with Gasteiger partial charge in [-0.3, -0.25) is 4.57 Å². The van der Waals surface area contributed by atoms with Crippen molar-refractivity contribution in [3.63, 3.8) is 0 Å². The summed E-state index contributed by atoms with van der Waals surface area (Å²) < 4.78 is 6.57. The molecule has 0 N–H and O–H groups in total. The quantitative estimate of drug-likeness (QED) is 0.737. The van der Waals surface area contributed by atoms with Crippen molar-refractivity contribution in [2.24, 2.45) is 7.05 Å². The van der Waals surface area contributed by atoms with Crippen LogP contribution in [0.1, 0.15) is 18.4 Å². The first-order chi connectivity index (χ1) is 7.72. The second kappa shape index (κ2) is 4.23. The predicted molar refractivity (Wildman–Crippen MR) is 60.0 cm³/mol. The normalized spacial score (nSPS) is 10.5. The standard InChI is InChI=1S/C12H12N2O2/c1-14-10-6-5-9(4-2-3-7-13)8-11(10)16-12(14)15/h5-6,8H,2-4H2,1H3. The van der Waals surface area contributed by atoms with E-state index in [-0.39, 0.29) is 5.76 Å². The number of aryl methyl sites for hydroxylation is 2. The summed E-state index contributed by atoms with van der Waals surface area (Å²) in [5.41, 5.74) is 2.51. The maximum Gasteiger partial charge on any atom is 0.419 e. The van der Waals surface area contributed by atoms with Crippen LogP contribution in [0.2, 0.25) is 0 Å². The molecule has 0 saturated heterocycles. The molecule has 2 rings (SSSR count). The lowest BCUT2D eigenvalue weighted by atomic mass is 10.1. The number of unbranched alkanes of at least 4 members (excludes halogenated alkanes) is 1. The van der Waals surface area contributed by atoms with Gasteiger partial charge in [-0.15, -0.1) is 0 Å². The van der Waals surface area contributed by atoms with Gasteiger partial charge in [-0.1, -0.05) is 6.07 Å². The molecule has 1 aromatic carbocycles. The summed E-state index contributed by atoms with van der Waals surface area (Å²) in [7, 11) is 1.68. The summed E-state index contributed by atoms with van der Waals surface area (Å²) in [5, 5.41) is 8.44. The third-order valence-corrected chi connectivity index (χ3v) is 2.61. The van der Waals surface area contributed by atoms with E-state index in [0.717, 1.165) is 23.9 Å². The fraction of sp³-hybridized carbons (Fsp3) is 0.333. The molecule has 0 fully saturated rings. The zero-order chi connectivity index (χ0) is 11.5. The zero-order valence-electron chi connectivity index (χ0n) is 9.06. The minimum atomic E-state index is -0.343. The summed E-state index contributed by atoms with van der Waals surface area (Å²) in [6.07, 6.45) is 2.22. The Kier molecular flexibility index (Phi) is 2.78. The molecule has 0 saturated carbocycles. The third-order valence-electron chi connectivity index (χ3n) is 2.61. The molecule has 0 spiro atoms. The van der Waals surface area contributed by atoms with E-state index >= 15 is 0 Å². The van der Waals surface area contributed by atoms with Crippen LogP contribution in [0.4, 0.5) is 0 Å². The smallest absolute Gasteiger partial charge is 0.408 e. The van der Waals surface area contributed by atoms with Crippen LogP contribution in [0.5, 0.6) is 0 Å². The fourth-order valence-corrected chi connectivity index (χ4v) is 1.71. The average Bonchev–Trinajstić information content (AvgIpc) is 2.55. The van der Waals surface area contributed by atoms with Crippen molar-refractivity contribution in [3.05, 3.63) is 34.3 Å². The number of rotatable bonds is 3. The third kappa shape index (κ3) is 1.84. The Bertz CT molecular complexity index is 601. The van der Waals surface area contributed by atoms with Gasteiger partial charge < -0.3 is 4.42 Å². The molecule has 0 radical (unpaired) electrons. The van der Waals surface area contributed by atoms with Crippen molar-refractivity contribution >= 4 is 11.1 Å². The molecule has 0 unspecified atom stereocenters. The molecule has 2 aromatic rings. The van der Waals surface area contributed by atoms with Crippen LogP contribution in [0, 0.1) is 11.3 Å².